The maximum Gasteiger partial charge on any atom is 0.234 e. The second-order valence-electron chi connectivity index (χ2n) is 5.20. The Bertz CT molecular complexity index is 847. The van der Waals surface area contributed by atoms with E-state index < -0.39 is 34.8 Å². The molecule has 0 radical (unpaired) electrons. The molecule has 0 saturated heterocycles. The summed E-state index contributed by atoms with van der Waals surface area (Å²) in [5.74, 6) is -12.4. The second kappa shape index (κ2) is 7.98. The molecule has 0 bridgehead atoms. The van der Waals surface area contributed by atoms with E-state index in [-0.39, 0.29) is 10.4 Å². The van der Waals surface area contributed by atoms with Gasteiger partial charge in [-0.25, -0.2) is 23.1 Å². The quantitative estimate of drug-likeness (QED) is 0.210. The Labute approximate surface area is 154 Å². The zero-order chi connectivity index (χ0) is 19.6. The molecule has 2 aromatic rings. The summed E-state index contributed by atoms with van der Waals surface area (Å²) in [6, 6.07) is 1.45. The monoisotopic (exact) mass is 437 g/mol. The molecule has 0 fully saturated rings. The van der Waals surface area contributed by atoms with Crippen LogP contribution in [0.3, 0.4) is 0 Å². The first-order chi connectivity index (χ1) is 12.2. The Morgan fingerprint density at radius 1 is 1.12 bits per heavy atom. The first-order valence-electron chi connectivity index (χ1n) is 7.28. The van der Waals surface area contributed by atoms with Crippen LogP contribution in [0, 0.1) is 36.0 Å². The Balaban J connectivity index is 2.44. The van der Waals surface area contributed by atoms with Crippen molar-refractivity contribution in [2.45, 2.75) is 13.8 Å². The van der Waals surface area contributed by atoms with Gasteiger partial charge in [0, 0.05) is 13.6 Å². The van der Waals surface area contributed by atoms with E-state index in [9.17, 15) is 22.0 Å². The molecule has 4 nitrogen and oxygen atoms in total. The summed E-state index contributed by atoms with van der Waals surface area (Å²) in [5, 5.41) is 0. The Morgan fingerprint density at radius 3 is 2.19 bits per heavy atom. The molecule has 10 heteroatoms. The molecule has 0 unspecified atom stereocenters. The molecule has 0 aliphatic heterocycles. The fourth-order valence-corrected chi connectivity index (χ4v) is 2.15. The summed E-state index contributed by atoms with van der Waals surface area (Å²) in [7, 11) is 1.81. The smallest absolute Gasteiger partial charge is 0.234 e. The SMILES string of the molecule is CCN(C)/C=N/c1cc(Br)c(Oc2c(F)c(F)c(F)c(F)c2F)nc1C. The van der Waals surface area contributed by atoms with Gasteiger partial charge >= 0.3 is 0 Å². The maximum absolute atomic E-state index is 13.7. The number of halogens is 6. The van der Waals surface area contributed by atoms with E-state index in [0.29, 0.717) is 11.4 Å². The third kappa shape index (κ3) is 3.95. The van der Waals surface area contributed by atoms with E-state index in [1.165, 1.54) is 6.07 Å². The van der Waals surface area contributed by atoms with Crippen molar-refractivity contribution in [1.29, 1.82) is 0 Å². The van der Waals surface area contributed by atoms with Gasteiger partial charge in [0.25, 0.3) is 0 Å². The molecular weight excluding hydrogens is 425 g/mol. The average Bonchev–Trinajstić information content (AvgIpc) is 2.62. The number of hydrogen-bond acceptors (Lipinski definition) is 3. The highest BCUT2D eigenvalue weighted by atomic mass is 79.9. The van der Waals surface area contributed by atoms with Gasteiger partial charge in [0.15, 0.2) is 0 Å². The summed E-state index contributed by atoms with van der Waals surface area (Å²) in [6.45, 7) is 4.20. The van der Waals surface area contributed by atoms with Crippen LogP contribution in [0.25, 0.3) is 0 Å². The van der Waals surface area contributed by atoms with Crippen molar-refractivity contribution in [1.82, 2.24) is 9.88 Å². The van der Waals surface area contributed by atoms with E-state index in [1.54, 1.807) is 18.2 Å². The molecule has 0 aliphatic rings. The number of hydrogen-bond donors (Lipinski definition) is 0. The van der Waals surface area contributed by atoms with Crippen molar-refractivity contribution in [2.24, 2.45) is 4.99 Å². The van der Waals surface area contributed by atoms with E-state index in [1.807, 2.05) is 14.0 Å². The molecule has 1 heterocycles. The van der Waals surface area contributed by atoms with Gasteiger partial charge in [0.2, 0.25) is 40.7 Å². The van der Waals surface area contributed by atoms with Gasteiger partial charge in [0.1, 0.15) is 0 Å². The summed E-state index contributed by atoms with van der Waals surface area (Å²) >= 11 is 3.08. The lowest BCUT2D eigenvalue weighted by atomic mass is 10.2. The number of aryl methyl sites for hydroxylation is 1. The van der Waals surface area contributed by atoms with E-state index in [4.69, 9.17) is 4.74 Å². The minimum atomic E-state index is -2.26. The van der Waals surface area contributed by atoms with E-state index >= 15 is 0 Å². The minimum absolute atomic E-state index is 0.123. The zero-order valence-electron chi connectivity index (χ0n) is 13.9. The highest BCUT2D eigenvalue weighted by Crippen LogP contribution is 2.36. The normalized spacial score (nSPS) is 11.3. The van der Waals surface area contributed by atoms with E-state index in [2.05, 4.69) is 25.9 Å². The lowest BCUT2D eigenvalue weighted by Crippen LogP contribution is -2.14. The van der Waals surface area contributed by atoms with Crippen LogP contribution in [0.1, 0.15) is 12.6 Å². The maximum atomic E-state index is 13.7. The third-order valence-electron chi connectivity index (χ3n) is 3.37. The molecule has 0 spiro atoms. The van der Waals surface area contributed by atoms with Crippen LogP contribution >= 0.6 is 15.9 Å². The predicted octanol–water partition coefficient (Wildman–Crippen LogP) is 5.25. The standard InChI is InChI=1S/C16H13BrF5N3O/c1-4-25(3)6-23-9-5-8(17)16(24-7(9)2)26-15-13(21)11(19)10(18)12(20)14(15)22/h5-6H,4H2,1-3H3/b23-6+. The highest BCUT2D eigenvalue weighted by molar-refractivity contribution is 9.10. The molecule has 2 rings (SSSR count). The van der Waals surface area contributed by atoms with Crippen molar-refractivity contribution in [2.75, 3.05) is 13.6 Å². The first-order valence-corrected chi connectivity index (χ1v) is 8.07. The third-order valence-corrected chi connectivity index (χ3v) is 3.94. The van der Waals surface area contributed by atoms with Gasteiger partial charge in [0.05, 0.1) is 22.2 Å². The molecule has 0 saturated carbocycles. The molecular formula is C16H13BrF5N3O. The fourth-order valence-electron chi connectivity index (χ4n) is 1.76. The van der Waals surface area contributed by atoms with Crippen LogP contribution in [0.15, 0.2) is 15.5 Å². The molecule has 26 heavy (non-hydrogen) atoms. The molecule has 0 atom stereocenters. The van der Waals surface area contributed by atoms with Crippen LogP contribution in [0.2, 0.25) is 0 Å². The number of aliphatic imine (C=N–C) groups is 1. The lowest BCUT2D eigenvalue weighted by molar-refractivity contribution is 0.327. The molecule has 0 amide bonds. The number of rotatable bonds is 5. The van der Waals surface area contributed by atoms with Crippen molar-refractivity contribution < 1.29 is 26.7 Å². The van der Waals surface area contributed by atoms with Crippen LogP contribution in [-0.2, 0) is 0 Å². The number of aromatic nitrogens is 1. The Morgan fingerprint density at radius 2 is 1.65 bits per heavy atom. The molecule has 1 aromatic carbocycles. The summed E-state index contributed by atoms with van der Waals surface area (Å²) in [6.07, 6.45) is 1.56. The highest BCUT2D eigenvalue weighted by Gasteiger charge is 2.28. The van der Waals surface area contributed by atoms with Crippen LogP contribution in [0.5, 0.6) is 11.6 Å². The first kappa shape index (κ1) is 20.1. The van der Waals surface area contributed by atoms with Gasteiger partial charge in [-0.05, 0) is 35.8 Å². The predicted molar refractivity (Wildman–Crippen MR) is 89.4 cm³/mol. The summed E-state index contributed by atoms with van der Waals surface area (Å²) < 4.78 is 72.0. The largest absolute Gasteiger partial charge is 0.431 e. The summed E-state index contributed by atoms with van der Waals surface area (Å²) in [4.78, 5) is 9.96. The fraction of sp³-hybridized carbons (Fsp3) is 0.250. The Hall–Kier alpha value is -2.23. The number of nitrogens with zero attached hydrogens (tertiary/aromatic N) is 3. The van der Waals surface area contributed by atoms with Crippen molar-refractivity contribution in [3.63, 3.8) is 0 Å². The Kier molecular flexibility index (Phi) is 6.17. The average molecular weight is 438 g/mol. The minimum Gasteiger partial charge on any atom is -0.431 e. The molecule has 1 aromatic heterocycles. The van der Waals surface area contributed by atoms with Crippen LogP contribution < -0.4 is 4.74 Å². The number of pyridine rings is 1. The molecule has 140 valence electrons. The van der Waals surface area contributed by atoms with E-state index in [0.717, 1.165) is 6.54 Å². The second-order valence-corrected chi connectivity index (χ2v) is 6.05. The topological polar surface area (TPSA) is 37.7 Å². The van der Waals surface area contributed by atoms with Crippen LogP contribution in [-0.4, -0.2) is 29.8 Å². The van der Waals surface area contributed by atoms with Crippen LogP contribution in [0.4, 0.5) is 27.6 Å². The van der Waals surface area contributed by atoms with Crippen molar-refractivity contribution in [3.8, 4) is 11.6 Å². The van der Waals surface area contributed by atoms with Gasteiger partial charge in [-0.3, -0.25) is 0 Å². The van der Waals surface area contributed by atoms with Gasteiger partial charge in [-0.1, -0.05) is 0 Å². The lowest BCUT2D eigenvalue weighted by Gasteiger charge is -2.12. The van der Waals surface area contributed by atoms with Gasteiger partial charge in [-0.15, -0.1) is 0 Å². The molecule has 0 aliphatic carbocycles. The zero-order valence-corrected chi connectivity index (χ0v) is 15.5. The van der Waals surface area contributed by atoms with Crippen molar-refractivity contribution in [3.05, 3.63) is 45.3 Å². The number of ether oxygens (including phenoxy) is 1. The molecule has 0 N–H and O–H groups in total. The van der Waals surface area contributed by atoms with Crippen molar-refractivity contribution >= 4 is 28.0 Å². The van der Waals surface area contributed by atoms with Gasteiger partial charge < -0.3 is 9.64 Å². The number of benzene rings is 1. The summed E-state index contributed by atoms with van der Waals surface area (Å²) in [5.41, 5.74) is 0.759. The van der Waals surface area contributed by atoms with Gasteiger partial charge in [-0.2, -0.15) is 8.78 Å².